The van der Waals surface area contributed by atoms with Crippen LogP contribution in [-0.4, -0.2) is 76.9 Å². The summed E-state index contributed by atoms with van der Waals surface area (Å²) < 4.78 is 32.5. The highest BCUT2D eigenvalue weighted by atomic mass is 32.2. The number of carbonyl (C=O) groups excluding carboxylic acids is 2. The van der Waals surface area contributed by atoms with Crippen LogP contribution in [0.3, 0.4) is 0 Å². The molecule has 232 valence electrons. The van der Waals surface area contributed by atoms with Crippen LogP contribution in [0, 0.1) is 11.8 Å². The number of sulfonamides is 1. The van der Waals surface area contributed by atoms with Crippen LogP contribution in [0.2, 0.25) is 0 Å². The summed E-state index contributed by atoms with van der Waals surface area (Å²) in [6.07, 6.45) is 11.4. The summed E-state index contributed by atoms with van der Waals surface area (Å²) in [5, 5.41) is 40.5. The minimum absolute atomic E-state index is 0.0163. The van der Waals surface area contributed by atoms with E-state index in [1.54, 1.807) is 0 Å². The zero-order valence-electron chi connectivity index (χ0n) is 23.9. The summed E-state index contributed by atoms with van der Waals surface area (Å²) in [7, 11) is -4.05. The number of unbranched alkanes of at least 4 members (excludes halogenated alkanes) is 3. The number of aromatic nitrogens is 2. The Morgan fingerprint density at radius 2 is 1.88 bits per heavy atom. The Morgan fingerprint density at radius 3 is 2.61 bits per heavy atom. The summed E-state index contributed by atoms with van der Waals surface area (Å²) in [5.41, 5.74) is 0. The van der Waals surface area contributed by atoms with Gasteiger partial charge in [-0.3, -0.25) is 9.59 Å². The molecule has 0 bridgehead atoms. The van der Waals surface area contributed by atoms with Gasteiger partial charge in [-0.1, -0.05) is 49.7 Å². The Balaban J connectivity index is 1.62. The number of allylic oxidation sites excluding steroid dienone is 2. The number of anilines is 1. The number of esters is 1. The fourth-order valence-corrected chi connectivity index (χ4v) is 6.66. The van der Waals surface area contributed by atoms with Crippen LogP contribution in [0.15, 0.2) is 20.9 Å². The predicted octanol–water partition coefficient (Wildman–Crippen LogP) is 3.39. The maximum atomic E-state index is 12.1. The van der Waals surface area contributed by atoms with Crippen molar-refractivity contribution in [3.63, 3.8) is 0 Å². The quantitative estimate of drug-likeness (QED) is 0.0590. The first-order chi connectivity index (χ1) is 19.5. The number of nitrogens with one attached hydrogen (secondary N) is 1. The van der Waals surface area contributed by atoms with Gasteiger partial charge >= 0.3 is 16.0 Å². The third-order valence-electron chi connectivity index (χ3n) is 6.96. The van der Waals surface area contributed by atoms with Crippen molar-refractivity contribution in [1.29, 1.82) is 0 Å². The van der Waals surface area contributed by atoms with Gasteiger partial charge in [0.1, 0.15) is 0 Å². The van der Waals surface area contributed by atoms with Gasteiger partial charge < -0.3 is 25.4 Å². The van der Waals surface area contributed by atoms with E-state index in [1.165, 1.54) is 6.92 Å². The summed E-state index contributed by atoms with van der Waals surface area (Å²) in [6, 6.07) is 0. The second kappa shape index (κ2) is 18.3. The van der Waals surface area contributed by atoms with Crippen molar-refractivity contribution in [1.82, 2.24) is 10.2 Å². The van der Waals surface area contributed by atoms with Crippen molar-refractivity contribution in [2.45, 2.75) is 114 Å². The SMILES string of the molecule is CCCCC[C@H](O)CC[C@@H]1[C@@H](C/C=C\CCCC(=O)OCCC=NS(=O)(=O)c2nnc(NC(C)=O)s2)[C@@H](O)C[C@H]1O. The number of hydrogen-bond acceptors (Lipinski definition) is 11. The number of aliphatic hydroxyl groups excluding tert-OH is 3. The molecule has 1 aliphatic carbocycles. The molecule has 1 aromatic heterocycles. The molecule has 0 unspecified atom stereocenters. The van der Waals surface area contributed by atoms with Crippen LogP contribution in [0.5, 0.6) is 0 Å². The molecule has 1 saturated carbocycles. The number of aliphatic hydroxyl groups is 3. The van der Waals surface area contributed by atoms with E-state index < -0.39 is 34.1 Å². The van der Waals surface area contributed by atoms with E-state index in [4.69, 9.17) is 4.74 Å². The number of rotatable bonds is 19. The second-order valence-electron chi connectivity index (χ2n) is 10.4. The lowest BCUT2D eigenvalue weighted by molar-refractivity contribution is -0.143. The molecule has 1 aromatic rings. The Bertz CT molecular complexity index is 1110. The normalized spacial score (nSPS) is 22.0. The van der Waals surface area contributed by atoms with Crippen LogP contribution >= 0.6 is 11.3 Å². The molecular formula is C27H44N4O8S2. The van der Waals surface area contributed by atoms with E-state index in [0.717, 1.165) is 31.9 Å². The first-order valence-corrected chi connectivity index (χ1v) is 16.5. The van der Waals surface area contributed by atoms with Crippen molar-refractivity contribution in [3.05, 3.63) is 12.2 Å². The molecule has 5 atom stereocenters. The first-order valence-electron chi connectivity index (χ1n) is 14.3. The number of hydrogen-bond donors (Lipinski definition) is 4. The highest BCUT2D eigenvalue weighted by Crippen LogP contribution is 2.38. The molecule has 1 fully saturated rings. The smallest absolute Gasteiger partial charge is 0.311 e. The standard InChI is InChI=1S/C27H44N4O8S2/c1-3-4-7-11-20(33)14-15-22-21(23(34)18-24(22)35)12-8-5-6-9-13-25(36)39-17-10-16-28-41(37,38)27-31-30-26(40-27)29-19(2)32/h5,8,16,20-24,33-35H,3-4,6-7,9-15,17-18H2,1-2H3,(H,29,30,32)/b8-5-,28-16?/t20-,21+,22+,23-,24+/m0/s1. The molecule has 0 radical (unpaired) electrons. The van der Waals surface area contributed by atoms with Crippen LogP contribution in [0.1, 0.15) is 90.9 Å². The molecular weight excluding hydrogens is 572 g/mol. The van der Waals surface area contributed by atoms with Crippen LogP contribution in [0.25, 0.3) is 0 Å². The lowest BCUT2D eigenvalue weighted by atomic mass is 9.85. The largest absolute Gasteiger partial charge is 0.465 e. The van der Waals surface area contributed by atoms with Crippen molar-refractivity contribution >= 4 is 44.6 Å². The zero-order chi connectivity index (χ0) is 30.3. The molecule has 0 aliphatic heterocycles. The average Bonchev–Trinajstić information content (AvgIpc) is 3.48. The fourth-order valence-electron chi connectivity index (χ4n) is 4.81. The lowest BCUT2D eigenvalue weighted by Gasteiger charge is -2.23. The molecule has 12 nitrogen and oxygen atoms in total. The van der Waals surface area contributed by atoms with Crippen LogP contribution in [0.4, 0.5) is 5.13 Å². The van der Waals surface area contributed by atoms with E-state index in [0.29, 0.717) is 49.9 Å². The van der Waals surface area contributed by atoms with Gasteiger partial charge in [-0.2, -0.15) is 12.8 Å². The Hall–Kier alpha value is -2.26. The van der Waals surface area contributed by atoms with Crippen LogP contribution in [-0.2, 0) is 24.3 Å². The van der Waals surface area contributed by atoms with Gasteiger partial charge in [-0.25, -0.2) is 0 Å². The lowest BCUT2D eigenvalue weighted by Crippen LogP contribution is -2.23. The highest BCUT2D eigenvalue weighted by Gasteiger charge is 2.40. The number of ether oxygens (including phenoxy) is 1. The molecule has 1 aliphatic rings. The monoisotopic (exact) mass is 616 g/mol. The van der Waals surface area contributed by atoms with E-state index in [9.17, 15) is 33.3 Å². The van der Waals surface area contributed by atoms with Crippen molar-refractivity contribution in [3.8, 4) is 0 Å². The van der Waals surface area contributed by atoms with E-state index >= 15 is 0 Å². The first kappa shape index (κ1) is 34.9. The number of nitrogens with zero attached hydrogens (tertiary/aromatic N) is 3. The van der Waals surface area contributed by atoms with Crippen LogP contribution < -0.4 is 5.32 Å². The van der Waals surface area contributed by atoms with Gasteiger partial charge in [0.15, 0.2) is 0 Å². The minimum atomic E-state index is -4.05. The molecule has 41 heavy (non-hydrogen) atoms. The zero-order valence-corrected chi connectivity index (χ0v) is 25.5. The summed E-state index contributed by atoms with van der Waals surface area (Å²) in [6.45, 7) is 3.38. The maximum absolute atomic E-state index is 12.1. The molecule has 0 saturated heterocycles. The second-order valence-corrected chi connectivity index (χ2v) is 13.1. The van der Waals surface area contributed by atoms with Crippen molar-refractivity contribution in [2.75, 3.05) is 11.9 Å². The van der Waals surface area contributed by atoms with E-state index in [1.807, 2.05) is 12.2 Å². The topological polar surface area (TPSA) is 188 Å². The van der Waals surface area contributed by atoms with Gasteiger partial charge in [0.2, 0.25) is 11.0 Å². The molecule has 4 N–H and O–H groups in total. The summed E-state index contributed by atoms with van der Waals surface area (Å²) >= 11 is 0.685. The minimum Gasteiger partial charge on any atom is -0.465 e. The van der Waals surface area contributed by atoms with Crippen molar-refractivity contribution in [2.24, 2.45) is 16.2 Å². The maximum Gasteiger partial charge on any atom is 0.311 e. The molecule has 0 spiro atoms. The molecule has 1 heterocycles. The molecule has 1 amide bonds. The number of carbonyl (C=O) groups is 2. The van der Waals surface area contributed by atoms with Gasteiger partial charge in [-0.15, -0.1) is 10.2 Å². The number of amides is 1. The Morgan fingerprint density at radius 1 is 1.12 bits per heavy atom. The van der Waals surface area contributed by atoms with Crippen molar-refractivity contribution < 1.29 is 38.1 Å². The molecule has 14 heteroatoms. The van der Waals surface area contributed by atoms with E-state index in [2.05, 4.69) is 26.8 Å². The third-order valence-corrected chi connectivity index (χ3v) is 9.42. The van der Waals surface area contributed by atoms with Gasteiger partial charge in [0.05, 0.1) is 24.9 Å². The molecule has 2 rings (SSSR count). The van der Waals surface area contributed by atoms with Gasteiger partial charge in [0, 0.05) is 26.0 Å². The van der Waals surface area contributed by atoms with Gasteiger partial charge in [0.25, 0.3) is 4.34 Å². The summed E-state index contributed by atoms with van der Waals surface area (Å²) in [5.74, 6) is -0.884. The van der Waals surface area contributed by atoms with E-state index in [-0.39, 0.29) is 46.9 Å². The third kappa shape index (κ3) is 13.1. The highest BCUT2D eigenvalue weighted by molar-refractivity contribution is 7.92. The molecule has 0 aromatic carbocycles. The Labute approximate surface area is 246 Å². The predicted molar refractivity (Wildman–Crippen MR) is 156 cm³/mol. The van der Waals surface area contributed by atoms with Gasteiger partial charge in [-0.05, 0) is 56.8 Å². The fraction of sp³-hybridized carbons (Fsp3) is 0.741. The average molecular weight is 617 g/mol. The summed E-state index contributed by atoms with van der Waals surface area (Å²) in [4.78, 5) is 23.0. The Kier molecular flexibility index (Phi) is 15.6.